The first-order chi connectivity index (χ1) is 12.0. The van der Waals surface area contributed by atoms with Crippen LogP contribution in [0.1, 0.15) is 43.0 Å². The zero-order valence-corrected chi connectivity index (χ0v) is 14.7. The van der Waals surface area contributed by atoms with Gasteiger partial charge in [0.05, 0.1) is 11.1 Å². The van der Waals surface area contributed by atoms with Crippen molar-refractivity contribution >= 4 is 12.6 Å². The van der Waals surface area contributed by atoms with Crippen LogP contribution in [0.25, 0.3) is 0 Å². The summed E-state index contributed by atoms with van der Waals surface area (Å²) in [4.78, 5) is 22.2. The van der Waals surface area contributed by atoms with Gasteiger partial charge >= 0.3 is 0 Å². The summed E-state index contributed by atoms with van der Waals surface area (Å²) < 4.78 is 19.5. The van der Waals surface area contributed by atoms with Gasteiger partial charge in [0.2, 0.25) is 0 Å². The van der Waals surface area contributed by atoms with Gasteiger partial charge in [-0.3, -0.25) is 9.59 Å². The average molecular weight is 343 g/mol. The first-order valence-electron chi connectivity index (χ1n) is 8.11. The highest BCUT2D eigenvalue weighted by Gasteiger charge is 2.14. The molecule has 0 aliphatic rings. The molecule has 132 valence electrons. The minimum absolute atomic E-state index is 0.0403. The van der Waals surface area contributed by atoms with Gasteiger partial charge < -0.3 is 10.1 Å². The van der Waals surface area contributed by atoms with Gasteiger partial charge in [-0.2, -0.15) is 0 Å². The van der Waals surface area contributed by atoms with Crippen LogP contribution in [0.3, 0.4) is 0 Å². The number of rotatable bonds is 8. The van der Waals surface area contributed by atoms with Crippen molar-refractivity contribution in [1.29, 1.82) is 0 Å². The number of hydrogen-bond donors (Lipinski definition) is 1. The van der Waals surface area contributed by atoms with E-state index in [2.05, 4.69) is 5.32 Å². The molecule has 0 saturated heterocycles. The maximum atomic E-state index is 13.8. The second-order valence-corrected chi connectivity index (χ2v) is 5.92. The largest absolute Gasteiger partial charge is 0.491 e. The number of aldehydes is 2. The molecule has 0 atom stereocenters. The summed E-state index contributed by atoms with van der Waals surface area (Å²) >= 11 is 0. The Morgan fingerprint density at radius 3 is 2.40 bits per heavy atom. The van der Waals surface area contributed by atoms with Gasteiger partial charge in [-0.05, 0) is 67.8 Å². The standard InChI is InChI=1S/C20H22FNO3/c1-13-14(2)20(25-7-6-22-3)18(12-24)10-17(13)8-15-4-5-16(11-23)19(21)9-15/h4-5,9-12,22H,6-8H2,1-3H3. The molecule has 2 aromatic rings. The molecule has 0 radical (unpaired) electrons. The number of ether oxygens (including phenoxy) is 1. The average Bonchev–Trinajstić information content (AvgIpc) is 2.61. The van der Waals surface area contributed by atoms with E-state index in [1.165, 1.54) is 12.1 Å². The predicted molar refractivity (Wildman–Crippen MR) is 95.3 cm³/mol. The van der Waals surface area contributed by atoms with Gasteiger partial charge in [0.1, 0.15) is 18.2 Å². The highest BCUT2D eigenvalue weighted by Crippen LogP contribution is 2.30. The number of carbonyl (C=O) groups excluding carboxylic acids is 2. The molecule has 0 bridgehead atoms. The lowest BCUT2D eigenvalue weighted by molar-refractivity contribution is 0.111. The Kier molecular flexibility index (Phi) is 6.42. The van der Waals surface area contributed by atoms with Crippen molar-refractivity contribution in [2.45, 2.75) is 20.3 Å². The second kappa shape index (κ2) is 8.53. The molecule has 0 saturated carbocycles. The number of hydrogen-bond acceptors (Lipinski definition) is 4. The third-order valence-corrected chi connectivity index (χ3v) is 4.29. The minimum Gasteiger partial charge on any atom is -0.491 e. The highest BCUT2D eigenvalue weighted by atomic mass is 19.1. The van der Waals surface area contributed by atoms with Crippen LogP contribution in [-0.2, 0) is 6.42 Å². The summed E-state index contributed by atoms with van der Waals surface area (Å²) in [7, 11) is 1.83. The van der Waals surface area contributed by atoms with Crippen LogP contribution in [-0.4, -0.2) is 32.8 Å². The summed E-state index contributed by atoms with van der Waals surface area (Å²) in [5, 5.41) is 2.99. The number of benzene rings is 2. The molecule has 0 aromatic heterocycles. The first-order valence-corrected chi connectivity index (χ1v) is 8.11. The molecule has 0 fully saturated rings. The van der Waals surface area contributed by atoms with Crippen molar-refractivity contribution in [2.24, 2.45) is 0 Å². The first kappa shape index (κ1) is 18.8. The molecule has 0 heterocycles. The Labute approximate surface area is 147 Å². The molecule has 4 nitrogen and oxygen atoms in total. The third kappa shape index (κ3) is 4.31. The van der Waals surface area contributed by atoms with Gasteiger partial charge in [0, 0.05) is 6.54 Å². The molecule has 2 aromatic carbocycles. The Balaban J connectivity index is 2.35. The van der Waals surface area contributed by atoms with E-state index in [9.17, 15) is 14.0 Å². The highest BCUT2D eigenvalue weighted by molar-refractivity contribution is 5.81. The van der Waals surface area contributed by atoms with E-state index < -0.39 is 5.82 Å². The zero-order valence-electron chi connectivity index (χ0n) is 14.7. The van der Waals surface area contributed by atoms with Crippen molar-refractivity contribution in [3.05, 3.63) is 63.5 Å². The maximum absolute atomic E-state index is 13.8. The summed E-state index contributed by atoms with van der Waals surface area (Å²) in [6.45, 7) is 5.02. The fourth-order valence-corrected chi connectivity index (χ4v) is 2.70. The van der Waals surface area contributed by atoms with Crippen LogP contribution < -0.4 is 10.1 Å². The zero-order chi connectivity index (χ0) is 18.4. The number of likely N-dealkylation sites (N-methyl/N-ethyl adjacent to an activating group) is 1. The molecular weight excluding hydrogens is 321 g/mol. The van der Waals surface area contributed by atoms with Crippen LogP contribution in [0.4, 0.5) is 4.39 Å². The summed E-state index contributed by atoms with van der Waals surface area (Å²) in [5.74, 6) is 0.0542. The van der Waals surface area contributed by atoms with E-state index in [0.717, 1.165) is 28.5 Å². The summed E-state index contributed by atoms with van der Waals surface area (Å²) in [5.41, 5.74) is 4.11. The predicted octanol–water partition coefficient (Wildman–Crippen LogP) is 3.26. The SMILES string of the molecule is CNCCOc1c(C=O)cc(Cc2ccc(C=O)c(F)c2)c(C)c1C. The van der Waals surface area contributed by atoms with E-state index >= 15 is 0 Å². The van der Waals surface area contributed by atoms with E-state index in [4.69, 9.17) is 4.74 Å². The van der Waals surface area contributed by atoms with Crippen LogP contribution in [0.2, 0.25) is 0 Å². The monoisotopic (exact) mass is 343 g/mol. The van der Waals surface area contributed by atoms with E-state index in [1.807, 2.05) is 20.9 Å². The van der Waals surface area contributed by atoms with Gasteiger partial charge in [0.15, 0.2) is 12.6 Å². The van der Waals surface area contributed by atoms with Crippen LogP contribution >= 0.6 is 0 Å². The lowest BCUT2D eigenvalue weighted by atomic mass is 9.93. The molecule has 0 aliphatic carbocycles. The Hall–Kier alpha value is -2.53. The molecular formula is C20H22FNO3. The summed E-state index contributed by atoms with van der Waals surface area (Å²) in [6, 6.07) is 6.33. The van der Waals surface area contributed by atoms with Crippen molar-refractivity contribution < 1.29 is 18.7 Å². The Morgan fingerprint density at radius 1 is 1.08 bits per heavy atom. The smallest absolute Gasteiger partial charge is 0.153 e. The lowest BCUT2D eigenvalue weighted by Crippen LogP contribution is -2.17. The molecule has 0 amide bonds. The Bertz CT molecular complexity index is 787. The molecule has 0 spiro atoms. The van der Waals surface area contributed by atoms with E-state index in [0.29, 0.717) is 37.2 Å². The van der Waals surface area contributed by atoms with E-state index in [-0.39, 0.29) is 5.56 Å². The van der Waals surface area contributed by atoms with Gasteiger partial charge in [-0.1, -0.05) is 6.07 Å². The fourth-order valence-electron chi connectivity index (χ4n) is 2.70. The molecule has 1 N–H and O–H groups in total. The summed E-state index contributed by atoms with van der Waals surface area (Å²) in [6.07, 6.45) is 1.75. The molecule has 0 unspecified atom stereocenters. The Morgan fingerprint density at radius 2 is 1.80 bits per heavy atom. The maximum Gasteiger partial charge on any atom is 0.153 e. The van der Waals surface area contributed by atoms with Crippen molar-refractivity contribution in [1.82, 2.24) is 5.32 Å². The second-order valence-electron chi connectivity index (χ2n) is 5.92. The van der Waals surface area contributed by atoms with Crippen LogP contribution in [0.15, 0.2) is 24.3 Å². The van der Waals surface area contributed by atoms with Crippen molar-refractivity contribution in [3.63, 3.8) is 0 Å². The fraction of sp³-hybridized carbons (Fsp3) is 0.300. The van der Waals surface area contributed by atoms with Gasteiger partial charge in [0.25, 0.3) is 0 Å². The topological polar surface area (TPSA) is 55.4 Å². The van der Waals surface area contributed by atoms with Crippen molar-refractivity contribution in [2.75, 3.05) is 20.2 Å². The lowest BCUT2D eigenvalue weighted by Gasteiger charge is -2.17. The van der Waals surface area contributed by atoms with E-state index in [1.54, 1.807) is 12.1 Å². The minimum atomic E-state index is -0.537. The molecule has 2 rings (SSSR count). The number of nitrogens with one attached hydrogen (secondary N) is 1. The molecule has 5 heteroatoms. The van der Waals surface area contributed by atoms with Gasteiger partial charge in [-0.15, -0.1) is 0 Å². The quantitative estimate of drug-likeness (QED) is 0.590. The number of carbonyl (C=O) groups is 2. The molecule has 0 aliphatic heterocycles. The van der Waals surface area contributed by atoms with Crippen LogP contribution in [0, 0.1) is 19.7 Å². The van der Waals surface area contributed by atoms with Gasteiger partial charge in [-0.25, -0.2) is 4.39 Å². The molecule has 25 heavy (non-hydrogen) atoms. The van der Waals surface area contributed by atoms with Crippen molar-refractivity contribution in [3.8, 4) is 5.75 Å². The third-order valence-electron chi connectivity index (χ3n) is 4.29. The van der Waals surface area contributed by atoms with Crippen LogP contribution in [0.5, 0.6) is 5.75 Å². The number of halogens is 1. The normalized spacial score (nSPS) is 10.6.